The van der Waals surface area contributed by atoms with Gasteiger partial charge in [0.05, 0.1) is 0 Å². The molecule has 0 unspecified atom stereocenters. The molecule has 0 bridgehead atoms. The third-order valence-electron chi connectivity index (χ3n) is 2.61. The zero-order valence-corrected chi connectivity index (χ0v) is 9.45. The Bertz CT molecular complexity index is 259. The van der Waals surface area contributed by atoms with E-state index in [0.717, 1.165) is 25.7 Å². The monoisotopic (exact) mass is 209 g/mol. The van der Waals surface area contributed by atoms with Crippen molar-refractivity contribution >= 4 is 11.7 Å². The summed E-state index contributed by atoms with van der Waals surface area (Å²) in [5.41, 5.74) is 0. The van der Waals surface area contributed by atoms with Gasteiger partial charge in [-0.3, -0.25) is 9.59 Å². The molecule has 0 aliphatic heterocycles. The molecule has 0 atom stereocenters. The summed E-state index contributed by atoms with van der Waals surface area (Å²) in [7, 11) is 0. The number of allylic oxidation sites excluding steroid dienone is 2. The molecule has 0 saturated heterocycles. The topological polar surface area (TPSA) is 46.2 Å². The van der Waals surface area contributed by atoms with Gasteiger partial charge in [0.2, 0.25) is 5.78 Å². The van der Waals surface area contributed by atoms with Crippen molar-refractivity contribution in [3.63, 3.8) is 0 Å². The van der Waals surface area contributed by atoms with Crippen molar-refractivity contribution in [2.75, 3.05) is 0 Å². The number of amides is 1. The zero-order valence-electron chi connectivity index (χ0n) is 9.45. The Morgan fingerprint density at radius 2 is 1.73 bits per heavy atom. The lowest BCUT2D eigenvalue weighted by atomic mass is 10.1. The van der Waals surface area contributed by atoms with Crippen LogP contribution < -0.4 is 5.32 Å². The van der Waals surface area contributed by atoms with Crippen molar-refractivity contribution in [1.82, 2.24) is 5.32 Å². The molecule has 0 radical (unpaired) electrons. The fourth-order valence-electron chi connectivity index (χ4n) is 1.64. The van der Waals surface area contributed by atoms with E-state index in [0.29, 0.717) is 0 Å². The van der Waals surface area contributed by atoms with E-state index in [4.69, 9.17) is 0 Å². The minimum Gasteiger partial charge on any atom is -0.347 e. The van der Waals surface area contributed by atoms with E-state index in [2.05, 4.69) is 17.5 Å². The maximum atomic E-state index is 11.5. The van der Waals surface area contributed by atoms with Crippen molar-refractivity contribution in [2.45, 2.75) is 45.6 Å². The van der Waals surface area contributed by atoms with Crippen molar-refractivity contribution < 1.29 is 9.59 Å². The maximum Gasteiger partial charge on any atom is 0.287 e. The third kappa shape index (κ3) is 3.86. The highest BCUT2D eigenvalue weighted by Crippen LogP contribution is 2.11. The smallest absolute Gasteiger partial charge is 0.287 e. The molecule has 0 aromatic heterocycles. The van der Waals surface area contributed by atoms with E-state index >= 15 is 0 Å². The molecule has 3 nitrogen and oxygen atoms in total. The van der Waals surface area contributed by atoms with Gasteiger partial charge < -0.3 is 5.32 Å². The highest BCUT2D eigenvalue weighted by molar-refractivity contribution is 6.36. The van der Waals surface area contributed by atoms with Crippen LogP contribution in [-0.4, -0.2) is 17.7 Å². The second-order valence-corrected chi connectivity index (χ2v) is 4.32. The van der Waals surface area contributed by atoms with Gasteiger partial charge in [0, 0.05) is 12.0 Å². The van der Waals surface area contributed by atoms with Gasteiger partial charge in [-0.1, -0.05) is 26.0 Å². The first-order valence-electron chi connectivity index (χ1n) is 5.61. The second kappa shape index (κ2) is 5.69. The molecule has 84 valence electrons. The van der Waals surface area contributed by atoms with E-state index < -0.39 is 5.91 Å². The number of nitrogens with one attached hydrogen (secondary N) is 1. The van der Waals surface area contributed by atoms with Crippen LogP contribution in [0.4, 0.5) is 0 Å². The van der Waals surface area contributed by atoms with E-state index in [1.807, 2.05) is 0 Å². The molecule has 0 saturated carbocycles. The molecule has 0 heterocycles. The highest BCUT2D eigenvalue weighted by Gasteiger charge is 2.20. The van der Waals surface area contributed by atoms with Crippen LogP contribution in [0.2, 0.25) is 0 Å². The maximum absolute atomic E-state index is 11.5. The zero-order chi connectivity index (χ0) is 11.3. The molecule has 1 aliphatic carbocycles. The van der Waals surface area contributed by atoms with Gasteiger partial charge in [0.25, 0.3) is 5.91 Å². The fraction of sp³-hybridized carbons (Fsp3) is 0.667. The quantitative estimate of drug-likeness (QED) is 0.569. The molecule has 0 fully saturated rings. The average Bonchev–Trinajstić information content (AvgIpc) is 2.45. The molecule has 0 aromatic rings. The normalized spacial score (nSPS) is 17.5. The van der Waals surface area contributed by atoms with Crippen molar-refractivity contribution in [2.24, 2.45) is 5.92 Å². The predicted molar refractivity (Wildman–Crippen MR) is 59.4 cm³/mol. The summed E-state index contributed by atoms with van der Waals surface area (Å²) in [6.07, 6.45) is 8.12. The Morgan fingerprint density at radius 1 is 1.20 bits per heavy atom. The largest absolute Gasteiger partial charge is 0.347 e. The summed E-state index contributed by atoms with van der Waals surface area (Å²) >= 11 is 0. The molecule has 1 amide bonds. The molecular weight excluding hydrogens is 190 g/mol. The van der Waals surface area contributed by atoms with Crippen molar-refractivity contribution in [3.8, 4) is 0 Å². The minimum absolute atomic E-state index is 0.162. The molecule has 3 heteroatoms. The van der Waals surface area contributed by atoms with Crippen LogP contribution in [-0.2, 0) is 9.59 Å². The fourth-order valence-corrected chi connectivity index (χ4v) is 1.64. The molecule has 1 aliphatic rings. The molecule has 1 N–H and O–H groups in total. The molecule has 15 heavy (non-hydrogen) atoms. The average molecular weight is 209 g/mol. The number of Topliss-reactive ketones (excluding diaryl/α,β-unsaturated/α-hetero) is 1. The number of hydrogen-bond acceptors (Lipinski definition) is 2. The summed E-state index contributed by atoms with van der Waals surface area (Å²) in [5.74, 6) is -0.946. The minimum atomic E-state index is -0.420. The van der Waals surface area contributed by atoms with Gasteiger partial charge in [-0.05, 0) is 25.7 Å². The Morgan fingerprint density at radius 3 is 2.20 bits per heavy atom. The van der Waals surface area contributed by atoms with Crippen LogP contribution in [0.5, 0.6) is 0 Å². The summed E-state index contributed by atoms with van der Waals surface area (Å²) in [5, 5.41) is 2.81. The standard InChI is InChI=1S/C12H19NO2/c1-9(2)11(14)12(15)13-10-7-5-3-4-6-8-10/h3-4,9-10H,5-8H2,1-2H3,(H,13,15). The predicted octanol–water partition coefficient (Wildman–Crippen LogP) is 1.83. The summed E-state index contributed by atoms with van der Waals surface area (Å²) in [6, 6.07) is 0.162. The second-order valence-electron chi connectivity index (χ2n) is 4.32. The van der Waals surface area contributed by atoms with Crippen LogP contribution in [0.3, 0.4) is 0 Å². The van der Waals surface area contributed by atoms with Crippen LogP contribution in [0.15, 0.2) is 12.2 Å². The number of ketones is 1. The van der Waals surface area contributed by atoms with Gasteiger partial charge in [0.1, 0.15) is 0 Å². The van der Waals surface area contributed by atoms with Gasteiger partial charge in [-0.15, -0.1) is 0 Å². The van der Waals surface area contributed by atoms with Crippen LogP contribution in [0.1, 0.15) is 39.5 Å². The molecule has 1 rings (SSSR count). The van der Waals surface area contributed by atoms with E-state index in [9.17, 15) is 9.59 Å². The third-order valence-corrected chi connectivity index (χ3v) is 2.61. The highest BCUT2D eigenvalue weighted by atomic mass is 16.2. The van der Waals surface area contributed by atoms with Gasteiger partial charge in [-0.2, -0.15) is 0 Å². The Labute approximate surface area is 90.9 Å². The number of hydrogen-bond donors (Lipinski definition) is 1. The van der Waals surface area contributed by atoms with E-state index in [1.165, 1.54) is 0 Å². The number of carbonyl (C=O) groups excluding carboxylic acids is 2. The first kappa shape index (κ1) is 12.0. The van der Waals surface area contributed by atoms with E-state index in [1.54, 1.807) is 13.8 Å². The van der Waals surface area contributed by atoms with Gasteiger partial charge in [0.15, 0.2) is 0 Å². The Hall–Kier alpha value is -1.12. The van der Waals surface area contributed by atoms with Gasteiger partial charge >= 0.3 is 0 Å². The number of rotatable bonds is 3. The van der Waals surface area contributed by atoms with Crippen LogP contribution in [0.25, 0.3) is 0 Å². The first-order chi connectivity index (χ1) is 7.11. The van der Waals surface area contributed by atoms with E-state index in [-0.39, 0.29) is 17.7 Å². The summed E-state index contributed by atoms with van der Waals surface area (Å²) in [4.78, 5) is 22.9. The van der Waals surface area contributed by atoms with Crippen LogP contribution in [0, 0.1) is 5.92 Å². The first-order valence-corrected chi connectivity index (χ1v) is 5.61. The summed E-state index contributed by atoms with van der Waals surface area (Å²) < 4.78 is 0. The molecule has 0 aromatic carbocycles. The lowest BCUT2D eigenvalue weighted by molar-refractivity contribution is -0.140. The SMILES string of the molecule is CC(C)C(=O)C(=O)NC1CCC=CCC1. The molecule has 0 spiro atoms. The Balaban J connectivity index is 2.40. The lowest BCUT2D eigenvalue weighted by Crippen LogP contribution is -2.40. The Kier molecular flexibility index (Phi) is 4.53. The van der Waals surface area contributed by atoms with Crippen molar-refractivity contribution in [3.05, 3.63) is 12.2 Å². The van der Waals surface area contributed by atoms with Crippen molar-refractivity contribution in [1.29, 1.82) is 0 Å². The number of carbonyl (C=O) groups is 2. The lowest BCUT2D eigenvalue weighted by Gasteiger charge is -2.16. The summed E-state index contributed by atoms with van der Waals surface area (Å²) in [6.45, 7) is 3.49. The van der Waals surface area contributed by atoms with Crippen LogP contribution >= 0.6 is 0 Å². The molecular formula is C12H19NO2. The van der Waals surface area contributed by atoms with Gasteiger partial charge in [-0.25, -0.2) is 0 Å².